The number of hydrogen-bond donors (Lipinski definition) is 1. The lowest BCUT2D eigenvalue weighted by Gasteiger charge is -2.58. The third-order valence-corrected chi connectivity index (χ3v) is 6.59. The molecule has 1 N–H and O–H groups in total. The Kier molecular flexibility index (Phi) is 5.03. The maximum atomic E-state index is 9.04. The summed E-state index contributed by atoms with van der Waals surface area (Å²) in [6.07, 6.45) is 11.0. The standard InChI is InChI=1S/C20H34O/c1-15(11-14-21)7-9-17-16(2)8-10-18-19(3,4)12-6-13-20(17,18)5/h11,17-18,21H,2,6-10,12-14H2,1,3-5H3/b15-11+/t17-,18+,20-/m0/s1. The van der Waals surface area contributed by atoms with Crippen LogP contribution >= 0.6 is 0 Å². The van der Waals surface area contributed by atoms with Crippen LogP contribution in [0.3, 0.4) is 0 Å². The Hall–Kier alpha value is -0.560. The van der Waals surface area contributed by atoms with Gasteiger partial charge in [0.1, 0.15) is 0 Å². The molecule has 2 aliphatic rings. The summed E-state index contributed by atoms with van der Waals surface area (Å²) in [4.78, 5) is 0. The maximum absolute atomic E-state index is 9.04. The van der Waals surface area contributed by atoms with Crippen molar-refractivity contribution in [2.24, 2.45) is 22.7 Å². The van der Waals surface area contributed by atoms with Crippen molar-refractivity contribution in [2.75, 3.05) is 6.61 Å². The van der Waals surface area contributed by atoms with E-state index in [4.69, 9.17) is 5.11 Å². The molecule has 0 radical (unpaired) electrons. The molecule has 0 amide bonds. The van der Waals surface area contributed by atoms with Gasteiger partial charge in [0.05, 0.1) is 6.61 Å². The first-order valence-corrected chi connectivity index (χ1v) is 8.75. The van der Waals surface area contributed by atoms with Crippen LogP contribution in [0.25, 0.3) is 0 Å². The lowest BCUT2D eigenvalue weighted by molar-refractivity contribution is -0.0539. The summed E-state index contributed by atoms with van der Waals surface area (Å²) >= 11 is 0. The lowest BCUT2D eigenvalue weighted by atomic mass is 9.47. The average molecular weight is 290 g/mol. The second-order valence-electron chi connectivity index (χ2n) is 8.42. The van der Waals surface area contributed by atoms with Crippen molar-refractivity contribution in [1.29, 1.82) is 0 Å². The molecular formula is C20H34O. The molecule has 1 heteroatoms. The van der Waals surface area contributed by atoms with Gasteiger partial charge in [-0.1, -0.05) is 51.0 Å². The van der Waals surface area contributed by atoms with Gasteiger partial charge in [0.2, 0.25) is 0 Å². The monoisotopic (exact) mass is 290 g/mol. The summed E-state index contributed by atoms with van der Waals surface area (Å²) in [6.45, 7) is 14.3. The number of allylic oxidation sites excluding steroid dienone is 2. The molecule has 0 spiro atoms. The van der Waals surface area contributed by atoms with Crippen LogP contribution in [0.15, 0.2) is 23.8 Å². The molecule has 3 atom stereocenters. The fraction of sp³-hybridized carbons (Fsp3) is 0.800. The van der Waals surface area contributed by atoms with Crippen LogP contribution in [0.2, 0.25) is 0 Å². The summed E-state index contributed by atoms with van der Waals surface area (Å²) in [6, 6.07) is 0. The van der Waals surface area contributed by atoms with Gasteiger partial charge in [-0.05, 0) is 68.1 Å². The molecule has 0 unspecified atom stereocenters. The highest BCUT2D eigenvalue weighted by Crippen LogP contribution is 2.61. The van der Waals surface area contributed by atoms with E-state index in [0.29, 0.717) is 16.7 Å². The van der Waals surface area contributed by atoms with E-state index in [2.05, 4.69) is 34.3 Å². The molecule has 1 nitrogen and oxygen atoms in total. The van der Waals surface area contributed by atoms with E-state index in [-0.39, 0.29) is 6.61 Å². The van der Waals surface area contributed by atoms with Crippen LogP contribution in [0, 0.1) is 22.7 Å². The minimum absolute atomic E-state index is 0.171. The maximum Gasteiger partial charge on any atom is 0.0614 e. The number of rotatable bonds is 4. The minimum atomic E-state index is 0.171. The molecule has 2 saturated carbocycles. The van der Waals surface area contributed by atoms with Crippen LogP contribution in [0.1, 0.15) is 72.6 Å². The average Bonchev–Trinajstić information content (AvgIpc) is 2.37. The van der Waals surface area contributed by atoms with Gasteiger partial charge in [0.25, 0.3) is 0 Å². The minimum Gasteiger partial charge on any atom is -0.392 e. The van der Waals surface area contributed by atoms with Crippen LogP contribution in [-0.2, 0) is 0 Å². The van der Waals surface area contributed by atoms with Crippen LogP contribution < -0.4 is 0 Å². The van der Waals surface area contributed by atoms with Crippen LogP contribution in [0.5, 0.6) is 0 Å². The van der Waals surface area contributed by atoms with Crippen molar-refractivity contribution in [3.8, 4) is 0 Å². The van der Waals surface area contributed by atoms with Gasteiger partial charge in [-0.2, -0.15) is 0 Å². The predicted molar refractivity (Wildman–Crippen MR) is 91.2 cm³/mol. The van der Waals surface area contributed by atoms with Gasteiger partial charge < -0.3 is 5.11 Å². The Morgan fingerprint density at radius 1 is 1.33 bits per heavy atom. The molecule has 2 rings (SSSR count). The smallest absolute Gasteiger partial charge is 0.0614 e. The molecule has 0 aromatic heterocycles. The van der Waals surface area contributed by atoms with Crippen LogP contribution in [-0.4, -0.2) is 11.7 Å². The van der Waals surface area contributed by atoms with Gasteiger partial charge in [-0.15, -0.1) is 0 Å². The Bertz CT molecular complexity index is 418. The summed E-state index contributed by atoms with van der Waals surface area (Å²) in [5.74, 6) is 1.51. The van der Waals surface area contributed by atoms with E-state index < -0.39 is 0 Å². The van der Waals surface area contributed by atoms with Crippen LogP contribution in [0.4, 0.5) is 0 Å². The van der Waals surface area contributed by atoms with E-state index in [0.717, 1.165) is 12.3 Å². The molecule has 2 fully saturated rings. The van der Waals surface area contributed by atoms with E-state index >= 15 is 0 Å². The van der Waals surface area contributed by atoms with Crippen molar-refractivity contribution in [2.45, 2.75) is 72.6 Å². The van der Waals surface area contributed by atoms with Crippen molar-refractivity contribution < 1.29 is 5.11 Å². The number of aliphatic hydroxyl groups is 1. The molecule has 0 aliphatic heterocycles. The first kappa shape index (κ1) is 16.8. The lowest BCUT2D eigenvalue weighted by Crippen LogP contribution is -2.49. The first-order chi connectivity index (χ1) is 9.81. The topological polar surface area (TPSA) is 20.2 Å². The zero-order chi connectivity index (χ0) is 15.7. The number of aliphatic hydroxyl groups excluding tert-OH is 1. The summed E-state index contributed by atoms with van der Waals surface area (Å²) in [7, 11) is 0. The normalized spacial score (nSPS) is 36.4. The second-order valence-corrected chi connectivity index (χ2v) is 8.42. The Morgan fingerprint density at radius 2 is 2.05 bits per heavy atom. The molecule has 0 heterocycles. The largest absolute Gasteiger partial charge is 0.392 e. The fourth-order valence-electron chi connectivity index (χ4n) is 5.44. The molecule has 0 aromatic carbocycles. The molecule has 0 bridgehead atoms. The third-order valence-electron chi connectivity index (χ3n) is 6.59. The Morgan fingerprint density at radius 3 is 2.71 bits per heavy atom. The molecule has 120 valence electrons. The van der Waals surface area contributed by atoms with Gasteiger partial charge in [0, 0.05) is 0 Å². The van der Waals surface area contributed by atoms with Crippen molar-refractivity contribution in [1.82, 2.24) is 0 Å². The van der Waals surface area contributed by atoms with E-state index in [9.17, 15) is 0 Å². The molecule has 2 aliphatic carbocycles. The first-order valence-electron chi connectivity index (χ1n) is 8.75. The highest BCUT2D eigenvalue weighted by Gasteiger charge is 2.52. The van der Waals surface area contributed by atoms with Crippen molar-refractivity contribution in [3.05, 3.63) is 23.8 Å². The van der Waals surface area contributed by atoms with E-state index in [1.807, 2.05) is 6.08 Å². The summed E-state index contributed by atoms with van der Waals surface area (Å²) in [5, 5.41) is 9.04. The number of fused-ring (bicyclic) bond motifs is 1. The van der Waals surface area contributed by atoms with E-state index in [1.165, 1.54) is 49.7 Å². The second kappa shape index (κ2) is 6.28. The zero-order valence-electron chi connectivity index (χ0n) is 14.5. The molecule has 0 aromatic rings. The fourth-order valence-corrected chi connectivity index (χ4v) is 5.44. The zero-order valence-corrected chi connectivity index (χ0v) is 14.5. The van der Waals surface area contributed by atoms with Gasteiger partial charge in [-0.25, -0.2) is 0 Å². The highest BCUT2D eigenvalue weighted by atomic mass is 16.2. The quantitative estimate of drug-likeness (QED) is 0.677. The SMILES string of the molecule is C=C1CC[C@@H]2C(C)(C)CCC[C@@]2(C)[C@H]1CC/C(C)=C/CO. The molecule has 21 heavy (non-hydrogen) atoms. The van der Waals surface area contributed by atoms with Gasteiger partial charge in [-0.3, -0.25) is 0 Å². The molecule has 0 saturated heterocycles. The predicted octanol–water partition coefficient (Wildman–Crippen LogP) is 5.50. The summed E-state index contributed by atoms with van der Waals surface area (Å²) < 4.78 is 0. The third kappa shape index (κ3) is 3.28. The Labute approximate surface area is 131 Å². The molecular weight excluding hydrogens is 256 g/mol. The van der Waals surface area contributed by atoms with Crippen molar-refractivity contribution in [3.63, 3.8) is 0 Å². The van der Waals surface area contributed by atoms with E-state index in [1.54, 1.807) is 0 Å². The Balaban J connectivity index is 2.17. The van der Waals surface area contributed by atoms with Crippen molar-refractivity contribution >= 4 is 0 Å². The van der Waals surface area contributed by atoms with Gasteiger partial charge in [0.15, 0.2) is 0 Å². The van der Waals surface area contributed by atoms with Gasteiger partial charge >= 0.3 is 0 Å². The highest BCUT2D eigenvalue weighted by molar-refractivity contribution is 5.16. The number of hydrogen-bond acceptors (Lipinski definition) is 1. The summed E-state index contributed by atoms with van der Waals surface area (Å²) in [5.41, 5.74) is 3.74.